The molecule has 0 aromatic heterocycles. The fourth-order valence-corrected chi connectivity index (χ4v) is 6.08. The molecule has 0 saturated heterocycles. The smallest absolute Gasteiger partial charge is 0.550 e. The Hall–Kier alpha value is -5.35. The standard InChI is InChI=1S/C15H26O5.C13H22O5.C10H18O5.C10H16O5.C9H14O5.4CH4.2Li/c1-7-9-12(14(16)19-10(3)4)13(18-8-2)15(17)20-11(5)6;1-6-7-10(12(15)17-8(2)3)11(14)13(16)18-9(4)5;1-6(2)14-9(12)5-8(11)10(13)15-7(3)4;1-4-6-7(9(11)12)8(15-5-2)10(13)14-3;1-3-5-6(8(10)11)7(9(12)13)14-4-2;;;;;;/h7,10-13H,1,8-9H2,2-6H3;6,8-11,14H,1,7H2,2-5H3;6-8,11H,5H2,1-4H3;4,7-8H,1,5-6H2,2-3H3,(H,11,12);3,6-7H,1,4-5H2,2H3,(H,10,11)(H,12,13);4*1H4;;/q;;;;;;;;;2*+1/p-2/t12-,13?;10-,11+;8-;7-,8?;6-,7?;;;;;;/m11011....../s1. The van der Waals surface area contributed by atoms with Crippen LogP contribution in [-0.2, 0) is 95.3 Å². The monoisotopic (exact) mass is 1260 g/mol. The molecule has 0 amide bonds. The summed E-state index contributed by atoms with van der Waals surface area (Å²) in [6, 6.07) is 0. The molecule has 25 nitrogen and oxygen atoms in total. The average molecular weight is 1260 g/mol. The normalized spacial score (nSPS) is 12.9. The van der Waals surface area contributed by atoms with Crippen molar-refractivity contribution in [2.24, 2.45) is 23.7 Å². The van der Waals surface area contributed by atoms with Gasteiger partial charge >= 0.3 is 85.5 Å². The van der Waals surface area contributed by atoms with Gasteiger partial charge in [-0.25, -0.2) is 19.2 Å². The number of carbonyl (C=O) groups excluding carboxylic acids is 9. The quantitative estimate of drug-likeness (QED) is 0.0326. The van der Waals surface area contributed by atoms with E-state index in [1.807, 2.05) is 0 Å². The number of hydrogen-bond acceptors (Lipinski definition) is 24. The van der Waals surface area contributed by atoms with Crippen molar-refractivity contribution in [3.63, 3.8) is 0 Å². The van der Waals surface area contributed by atoms with Crippen LogP contribution in [0.5, 0.6) is 0 Å². The third kappa shape index (κ3) is 53.7. The number of esters is 7. The number of rotatable bonds is 35. The molecule has 0 radical (unpaired) electrons. The van der Waals surface area contributed by atoms with Gasteiger partial charge in [0.05, 0.1) is 73.9 Å². The number of carbonyl (C=O) groups is 10. The fraction of sp³-hybridized carbons (Fsp3) is 0.705. The summed E-state index contributed by atoms with van der Waals surface area (Å²) in [4.78, 5) is 113. The van der Waals surface area contributed by atoms with Crippen LogP contribution in [0.2, 0.25) is 0 Å². The van der Waals surface area contributed by atoms with Gasteiger partial charge in [-0.3, -0.25) is 19.2 Å². The molecule has 0 bridgehead atoms. The van der Waals surface area contributed by atoms with Crippen molar-refractivity contribution in [1.29, 1.82) is 0 Å². The first kappa shape index (κ1) is 107. The van der Waals surface area contributed by atoms with Crippen LogP contribution in [-0.4, -0.2) is 169 Å². The van der Waals surface area contributed by atoms with Gasteiger partial charge in [-0.1, -0.05) is 54.0 Å². The van der Waals surface area contributed by atoms with Gasteiger partial charge in [-0.15, -0.1) is 26.3 Å². The van der Waals surface area contributed by atoms with Crippen molar-refractivity contribution < 1.29 is 159 Å². The molecule has 3 unspecified atom stereocenters. The summed E-state index contributed by atoms with van der Waals surface area (Å²) in [6.45, 7) is 40.0. The zero-order valence-electron chi connectivity index (χ0n) is 52.8. The van der Waals surface area contributed by atoms with Gasteiger partial charge in [0.25, 0.3) is 0 Å². The molecule has 0 aromatic rings. The zero-order valence-corrected chi connectivity index (χ0v) is 52.8. The van der Waals surface area contributed by atoms with E-state index in [1.165, 1.54) is 25.3 Å². The van der Waals surface area contributed by atoms with Gasteiger partial charge in [0.2, 0.25) is 0 Å². The Balaban J connectivity index is -0.0000000925. The van der Waals surface area contributed by atoms with Crippen molar-refractivity contribution in [2.45, 2.75) is 233 Å². The van der Waals surface area contributed by atoms with Crippen molar-refractivity contribution in [3.05, 3.63) is 50.6 Å². The van der Waals surface area contributed by atoms with Gasteiger partial charge in [0.1, 0.15) is 6.10 Å². The van der Waals surface area contributed by atoms with E-state index < -0.39 is 114 Å². The molecule has 506 valence electrons. The minimum Gasteiger partial charge on any atom is -0.550 e. The SMILES string of the molecule is C.C.C.C.C=CC[C@@H](C(=O)O)C(OCC)C(=O)OC.C=CC[C@@H](C(=O)OC(C)C)C(OCC)C(=O)OC(C)C.C=CC[C@@H](C(=O)OC(C)C)[C@H](O)C(=O)OC(C)C.C=CC[C@@H](C(=O)[O-])C(OCC)C(=O)[O-].CC(C)OC(=O)C[C@H](O)C(=O)OC(C)C.[Li+].[Li+]. The number of ether oxygens (including phenoxy) is 10. The summed E-state index contributed by atoms with van der Waals surface area (Å²) in [5.41, 5.74) is 0. The number of carboxylic acid groups (broad SMARTS) is 3. The van der Waals surface area contributed by atoms with Crippen LogP contribution in [0.3, 0.4) is 0 Å². The van der Waals surface area contributed by atoms with Crippen LogP contribution < -0.4 is 47.9 Å². The van der Waals surface area contributed by atoms with Crippen molar-refractivity contribution in [1.82, 2.24) is 0 Å². The van der Waals surface area contributed by atoms with Crippen LogP contribution in [0.1, 0.15) is 166 Å². The number of aliphatic hydroxyl groups excluding tert-OH is 2. The van der Waals surface area contributed by atoms with E-state index in [0.29, 0.717) is 13.0 Å². The molecule has 0 saturated carbocycles. The average Bonchev–Trinajstić information content (AvgIpc) is 3.35. The molecule has 0 rings (SSSR count). The molecule has 0 fully saturated rings. The predicted octanol–water partition coefficient (Wildman–Crippen LogP) is 0.0478. The summed E-state index contributed by atoms with van der Waals surface area (Å²) in [6.07, 6.45) is -2.27. The summed E-state index contributed by atoms with van der Waals surface area (Å²) < 4.78 is 49.4. The first-order valence-electron chi connectivity index (χ1n) is 26.7. The van der Waals surface area contributed by atoms with Crippen LogP contribution in [0.4, 0.5) is 0 Å². The van der Waals surface area contributed by atoms with Gasteiger partial charge < -0.3 is 82.5 Å². The maximum Gasteiger partial charge on any atom is 1.00 e. The molecular weight excluding hydrogens is 1150 g/mol. The third-order valence-electron chi connectivity index (χ3n) is 9.32. The molecule has 9 atom stereocenters. The number of aliphatic carboxylic acids is 3. The van der Waals surface area contributed by atoms with Crippen molar-refractivity contribution in [2.75, 3.05) is 26.9 Å². The summed E-state index contributed by atoms with van der Waals surface area (Å²) in [7, 11) is 1.20. The Kier molecular flexibility index (Phi) is 77.1. The molecule has 0 aromatic carbocycles. The first-order chi connectivity index (χ1) is 38.1. The van der Waals surface area contributed by atoms with Gasteiger partial charge in [-0.05, 0) is 130 Å². The third-order valence-corrected chi connectivity index (χ3v) is 9.32. The molecule has 0 aliphatic heterocycles. The summed E-state index contributed by atoms with van der Waals surface area (Å²) >= 11 is 0. The zero-order chi connectivity index (χ0) is 65.0. The number of allylic oxidation sites excluding steroid dienone is 4. The van der Waals surface area contributed by atoms with Gasteiger partial charge in [0, 0.05) is 31.7 Å². The maximum atomic E-state index is 12.1. The van der Waals surface area contributed by atoms with E-state index in [1.54, 1.807) is 110 Å². The minimum absolute atomic E-state index is 0. The Morgan fingerprint density at radius 2 is 0.705 bits per heavy atom. The number of carboxylic acids is 3. The van der Waals surface area contributed by atoms with Gasteiger partial charge in [-0.2, -0.15) is 0 Å². The Bertz CT molecular complexity index is 1940. The first-order valence-corrected chi connectivity index (χ1v) is 26.7. The molecule has 0 aliphatic rings. The topological polar surface area (TPSA) is 370 Å². The molecular formula is C61H110Li2O25. The van der Waals surface area contributed by atoms with E-state index >= 15 is 0 Å². The number of methoxy groups -OCH3 is 1. The summed E-state index contributed by atoms with van der Waals surface area (Å²) in [5, 5.41) is 49.1. The van der Waals surface area contributed by atoms with E-state index in [9.17, 15) is 68.4 Å². The van der Waals surface area contributed by atoms with Crippen LogP contribution in [0, 0.1) is 23.7 Å². The van der Waals surface area contributed by atoms with Crippen LogP contribution in [0.25, 0.3) is 0 Å². The second-order valence-electron chi connectivity index (χ2n) is 18.8. The van der Waals surface area contributed by atoms with Crippen LogP contribution in [0.15, 0.2) is 50.6 Å². The second kappa shape index (κ2) is 63.2. The van der Waals surface area contributed by atoms with E-state index in [2.05, 4.69) is 31.1 Å². The van der Waals surface area contributed by atoms with E-state index in [4.69, 9.17) is 47.7 Å². The van der Waals surface area contributed by atoms with Crippen molar-refractivity contribution in [3.8, 4) is 0 Å². The Morgan fingerprint density at radius 1 is 0.409 bits per heavy atom. The maximum absolute atomic E-state index is 12.1. The van der Waals surface area contributed by atoms with E-state index in [-0.39, 0.29) is 143 Å². The second-order valence-corrected chi connectivity index (χ2v) is 18.8. The van der Waals surface area contributed by atoms with E-state index in [0.717, 1.165) is 0 Å². The Morgan fingerprint density at radius 3 is 1.02 bits per heavy atom. The molecule has 88 heavy (non-hydrogen) atoms. The number of hydrogen-bond donors (Lipinski definition) is 3. The molecule has 0 aliphatic carbocycles. The minimum atomic E-state index is -1.55. The van der Waals surface area contributed by atoms with Gasteiger partial charge in [0.15, 0.2) is 24.4 Å². The Labute approximate surface area is 549 Å². The molecule has 0 spiro atoms. The predicted molar refractivity (Wildman–Crippen MR) is 320 cm³/mol. The molecule has 3 N–H and O–H groups in total. The van der Waals surface area contributed by atoms with Crippen LogP contribution >= 0.6 is 0 Å². The summed E-state index contributed by atoms with van der Waals surface area (Å²) in [5.74, 6) is -12.6. The molecule has 27 heteroatoms. The fourth-order valence-electron chi connectivity index (χ4n) is 6.08. The number of aliphatic hydroxyl groups is 2. The molecule has 0 heterocycles. The van der Waals surface area contributed by atoms with Crippen molar-refractivity contribution >= 4 is 59.7 Å². The largest absolute Gasteiger partial charge is 1.00 e.